The lowest BCUT2D eigenvalue weighted by Crippen LogP contribution is -2.22. The smallest absolute Gasteiger partial charge is 0.0558 e. The Kier molecular flexibility index (Phi) is 15.2. The molecule has 0 aromatic rings. The van der Waals surface area contributed by atoms with E-state index in [1.165, 1.54) is 0 Å². The van der Waals surface area contributed by atoms with Gasteiger partial charge in [-0.3, -0.25) is 0 Å². The molecule has 0 saturated carbocycles. The maximum absolute atomic E-state index is 9.26. The number of hydrogen-bond acceptors (Lipinski definition) is 5. The third kappa shape index (κ3) is 11.1. The van der Waals surface area contributed by atoms with Gasteiger partial charge in [0.15, 0.2) is 0 Å². The normalized spacial score (nSPS) is 14.8. The molecule has 0 amide bonds. The standard InChI is InChI=1S/C10H20Cl2O2S3/c11-1-3-15-7-9(5-13)17-10(6-14)8-16-4-2-12/h9-10,13-14H,1-8H2. The maximum Gasteiger partial charge on any atom is 0.0558 e. The number of halogens is 2. The minimum Gasteiger partial charge on any atom is -0.395 e. The Hall–Kier alpha value is 1.55. The highest BCUT2D eigenvalue weighted by Crippen LogP contribution is 2.24. The fourth-order valence-corrected chi connectivity index (χ4v) is 4.95. The predicted octanol–water partition coefficient (Wildman–Crippen LogP) is 2.39. The fourth-order valence-electron chi connectivity index (χ4n) is 1.08. The molecule has 7 heteroatoms. The molecule has 2 atom stereocenters. The number of hydrogen-bond donors (Lipinski definition) is 2. The molecule has 0 fully saturated rings. The lowest BCUT2D eigenvalue weighted by molar-refractivity contribution is 0.293. The monoisotopic (exact) mass is 338 g/mol. The van der Waals surface area contributed by atoms with E-state index in [0.29, 0.717) is 11.8 Å². The van der Waals surface area contributed by atoms with Crippen LogP contribution >= 0.6 is 58.5 Å². The zero-order valence-electron chi connectivity index (χ0n) is 9.69. The van der Waals surface area contributed by atoms with Crippen LogP contribution < -0.4 is 0 Å². The minimum atomic E-state index is 0.149. The van der Waals surface area contributed by atoms with Gasteiger partial charge in [0.25, 0.3) is 0 Å². The summed E-state index contributed by atoms with van der Waals surface area (Å²) in [6.45, 7) is 0.299. The summed E-state index contributed by atoms with van der Waals surface area (Å²) in [6, 6.07) is 0. The topological polar surface area (TPSA) is 40.5 Å². The van der Waals surface area contributed by atoms with E-state index in [1.807, 2.05) is 0 Å². The van der Waals surface area contributed by atoms with Crippen molar-refractivity contribution < 1.29 is 10.2 Å². The van der Waals surface area contributed by atoms with Crippen molar-refractivity contribution in [3.63, 3.8) is 0 Å². The largest absolute Gasteiger partial charge is 0.395 e. The molecule has 0 aliphatic heterocycles. The van der Waals surface area contributed by atoms with Gasteiger partial charge in [-0.2, -0.15) is 23.5 Å². The van der Waals surface area contributed by atoms with Gasteiger partial charge in [-0.05, 0) is 0 Å². The Morgan fingerprint density at radius 3 is 1.53 bits per heavy atom. The highest BCUT2D eigenvalue weighted by molar-refractivity contribution is 8.05. The van der Waals surface area contributed by atoms with Crippen LogP contribution in [-0.2, 0) is 0 Å². The average Bonchev–Trinajstić information content (AvgIpc) is 2.36. The van der Waals surface area contributed by atoms with Crippen LogP contribution in [0.4, 0.5) is 0 Å². The van der Waals surface area contributed by atoms with Crippen LogP contribution in [0, 0.1) is 0 Å². The molecule has 0 spiro atoms. The van der Waals surface area contributed by atoms with Crippen molar-refractivity contribution in [1.82, 2.24) is 0 Å². The lowest BCUT2D eigenvalue weighted by atomic mass is 10.5. The van der Waals surface area contributed by atoms with Crippen LogP contribution in [0.5, 0.6) is 0 Å². The van der Waals surface area contributed by atoms with Crippen molar-refractivity contribution in [3.05, 3.63) is 0 Å². The zero-order chi connectivity index (χ0) is 12.9. The van der Waals surface area contributed by atoms with Crippen molar-refractivity contribution in [2.75, 3.05) is 48.0 Å². The molecule has 104 valence electrons. The molecule has 0 bridgehead atoms. The average molecular weight is 339 g/mol. The third-order valence-corrected chi connectivity index (χ3v) is 6.75. The van der Waals surface area contributed by atoms with Crippen LogP contribution in [0.3, 0.4) is 0 Å². The zero-order valence-corrected chi connectivity index (χ0v) is 13.6. The summed E-state index contributed by atoms with van der Waals surface area (Å²) in [5.41, 5.74) is 0. The van der Waals surface area contributed by atoms with E-state index in [1.54, 1.807) is 35.3 Å². The van der Waals surface area contributed by atoms with Crippen molar-refractivity contribution in [3.8, 4) is 0 Å². The van der Waals surface area contributed by atoms with Crippen molar-refractivity contribution in [2.45, 2.75) is 10.5 Å². The molecule has 0 aliphatic rings. The molecule has 0 aromatic heterocycles. The fraction of sp³-hybridized carbons (Fsp3) is 1.00. The van der Waals surface area contributed by atoms with Gasteiger partial charge < -0.3 is 10.2 Å². The highest BCUT2D eigenvalue weighted by atomic mass is 35.5. The van der Waals surface area contributed by atoms with E-state index >= 15 is 0 Å². The number of alkyl halides is 2. The molecule has 0 aromatic carbocycles. The summed E-state index contributed by atoms with van der Waals surface area (Å²) < 4.78 is 0. The second kappa shape index (κ2) is 14.0. The van der Waals surface area contributed by atoms with E-state index in [4.69, 9.17) is 23.2 Å². The molecule has 2 nitrogen and oxygen atoms in total. The van der Waals surface area contributed by atoms with Gasteiger partial charge in [0.1, 0.15) is 0 Å². The molecule has 2 unspecified atom stereocenters. The van der Waals surface area contributed by atoms with Crippen LogP contribution in [0.25, 0.3) is 0 Å². The lowest BCUT2D eigenvalue weighted by Gasteiger charge is -2.19. The Morgan fingerprint density at radius 2 is 1.24 bits per heavy atom. The van der Waals surface area contributed by atoms with Gasteiger partial charge in [0.05, 0.1) is 13.2 Å². The number of aliphatic hydroxyl groups is 2. The Bertz CT molecular complexity index is 150. The molecule has 2 N–H and O–H groups in total. The molecule has 0 aliphatic carbocycles. The summed E-state index contributed by atoms with van der Waals surface area (Å²) in [6.07, 6.45) is 0. The van der Waals surface area contributed by atoms with E-state index in [-0.39, 0.29) is 23.7 Å². The predicted molar refractivity (Wildman–Crippen MR) is 85.4 cm³/mol. The quantitative estimate of drug-likeness (QED) is 0.422. The first-order chi connectivity index (χ1) is 8.28. The van der Waals surface area contributed by atoms with Gasteiger partial charge >= 0.3 is 0 Å². The molecular formula is C10H20Cl2O2S3. The second-order valence-corrected chi connectivity index (χ2v) is 7.93. The first kappa shape index (κ1) is 18.6. The Balaban J connectivity index is 3.77. The van der Waals surface area contributed by atoms with Gasteiger partial charge in [-0.25, -0.2) is 0 Å². The van der Waals surface area contributed by atoms with E-state index in [9.17, 15) is 10.2 Å². The van der Waals surface area contributed by atoms with Crippen LogP contribution in [-0.4, -0.2) is 68.7 Å². The Labute approximate surface area is 127 Å². The molecule has 17 heavy (non-hydrogen) atoms. The SMILES string of the molecule is OCC(CSCCCl)SC(CO)CSCCCl. The molecule has 0 rings (SSSR count). The van der Waals surface area contributed by atoms with Crippen molar-refractivity contribution in [2.24, 2.45) is 0 Å². The van der Waals surface area contributed by atoms with Gasteiger partial charge in [-0.1, -0.05) is 0 Å². The van der Waals surface area contributed by atoms with Gasteiger partial charge in [0, 0.05) is 45.3 Å². The third-order valence-electron chi connectivity index (χ3n) is 1.84. The number of rotatable bonds is 12. The molecule has 0 heterocycles. The summed E-state index contributed by atoms with van der Waals surface area (Å²) in [7, 11) is 0. The van der Waals surface area contributed by atoms with Crippen LogP contribution in [0.15, 0.2) is 0 Å². The summed E-state index contributed by atoms with van der Waals surface area (Å²) in [5.74, 6) is 4.85. The molecule has 0 saturated heterocycles. The van der Waals surface area contributed by atoms with Crippen molar-refractivity contribution in [1.29, 1.82) is 0 Å². The second-order valence-electron chi connectivity index (χ2n) is 3.27. The van der Waals surface area contributed by atoms with Crippen LogP contribution in [0.2, 0.25) is 0 Å². The van der Waals surface area contributed by atoms with Gasteiger partial charge in [0.2, 0.25) is 0 Å². The van der Waals surface area contributed by atoms with E-state index in [0.717, 1.165) is 23.0 Å². The van der Waals surface area contributed by atoms with E-state index < -0.39 is 0 Å². The first-order valence-corrected chi connectivity index (χ1v) is 9.75. The summed E-state index contributed by atoms with van der Waals surface area (Å²) >= 11 is 16.4. The van der Waals surface area contributed by atoms with Gasteiger partial charge in [-0.15, -0.1) is 35.0 Å². The summed E-state index contributed by atoms with van der Waals surface area (Å²) in [4.78, 5) is 0. The summed E-state index contributed by atoms with van der Waals surface area (Å²) in [5, 5.41) is 18.9. The first-order valence-electron chi connectivity index (χ1n) is 5.43. The van der Waals surface area contributed by atoms with Crippen molar-refractivity contribution >= 4 is 58.5 Å². The maximum atomic E-state index is 9.26. The molecular weight excluding hydrogens is 319 g/mol. The van der Waals surface area contributed by atoms with Crippen LogP contribution in [0.1, 0.15) is 0 Å². The molecule has 0 radical (unpaired) electrons. The Morgan fingerprint density at radius 1 is 0.824 bits per heavy atom. The number of thioether (sulfide) groups is 3. The highest BCUT2D eigenvalue weighted by Gasteiger charge is 2.16. The number of aliphatic hydroxyl groups excluding tert-OH is 2. The minimum absolute atomic E-state index is 0.149. The van der Waals surface area contributed by atoms with E-state index in [2.05, 4.69) is 0 Å².